The molecule has 1 aliphatic rings. The molecular formula is C28H39N3O5. The van der Waals surface area contributed by atoms with E-state index in [1.54, 1.807) is 28.4 Å². The Morgan fingerprint density at radius 3 is 2.36 bits per heavy atom. The Morgan fingerprint density at radius 2 is 1.75 bits per heavy atom. The number of ether oxygens (including phenoxy) is 5. The Kier molecular flexibility index (Phi) is 8.93. The molecule has 0 bridgehead atoms. The minimum atomic E-state index is 0.468. The molecule has 36 heavy (non-hydrogen) atoms. The smallest absolute Gasteiger partial charge is 0.257 e. The van der Waals surface area contributed by atoms with Crippen molar-refractivity contribution < 1.29 is 23.7 Å². The summed E-state index contributed by atoms with van der Waals surface area (Å²) in [6, 6.07) is 10.2. The van der Waals surface area contributed by atoms with Gasteiger partial charge in [-0.3, -0.25) is 0 Å². The molecule has 0 unspecified atom stereocenters. The van der Waals surface area contributed by atoms with E-state index in [9.17, 15) is 0 Å². The van der Waals surface area contributed by atoms with Gasteiger partial charge in [-0.1, -0.05) is 19.4 Å². The predicted molar refractivity (Wildman–Crippen MR) is 142 cm³/mol. The maximum absolute atomic E-state index is 5.86. The lowest BCUT2D eigenvalue weighted by atomic mass is 9.99. The van der Waals surface area contributed by atoms with E-state index in [1.165, 1.54) is 0 Å². The van der Waals surface area contributed by atoms with E-state index in [0.717, 1.165) is 80.0 Å². The molecule has 1 saturated heterocycles. The Labute approximate surface area is 214 Å². The van der Waals surface area contributed by atoms with Crippen LogP contribution in [0.5, 0.6) is 17.4 Å². The standard InChI is InChI=1S/C28H39N3O5/c1-6-7-13-30(18-20-11-14-36-15-12-20)27-23-10-8-9-22(31(23)29-28(27)35-5)26-24(33-3)16-21(19-32-2)17-25(26)34-4/h8-10,16-17,20H,6-7,11-15,18-19H2,1-5H3. The fourth-order valence-electron chi connectivity index (χ4n) is 5.01. The van der Waals surface area contributed by atoms with Gasteiger partial charge >= 0.3 is 0 Å². The third-order valence-electron chi connectivity index (χ3n) is 6.84. The molecule has 0 radical (unpaired) electrons. The third-order valence-corrected chi connectivity index (χ3v) is 6.84. The van der Waals surface area contributed by atoms with Crippen LogP contribution in [0.25, 0.3) is 16.8 Å². The molecule has 1 fully saturated rings. The summed E-state index contributed by atoms with van der Waals surface area (Å²) >= 11 is 0. The summed E-state index contributed by atoms with van der Waals surface area (Å²) in [5.74, 6) is 2.62. The van der Waals surface area contributed by atoms with Gasteiger partial charge in [-0.25, -0.2) is 4.52 Å². The molecule has 1 aromatic carbocycles. The van der Waals surface area contributed by atoms with Crippen molar-refractivity contribution in [1.82, 2.24) is 9.61 Å². The number of unbranched alkanes of at least 4 members (excludes halogenated alkanes) is 1. The lowest BCUT2D eigenvalue weighted by molar-refractivity contribution is 0.0682. The van der Waals surface area contributed by atoms with Gasteiger partial charge in [0.05, 0.1) is 44.7 Å². The SMILES string of the molecule is CCCCN(CC1CCOCC1)c1c(OC)nn2c(-c3c(OC)cc(COC)cc3OC)cccc12. The van der Waals surface area contributed by atoms with Crippen molar-refractivity contribution in [3.63, 3.8) is 0 Å². The van der Waals surface area contributed by atoms with Gasteiger partial charge in [0.25, 0.3) is 5.88 Å². The van der Waals surface area contributed by atoms with Gasteiger partial charge in [-0.2, -0.15) is 0 Å². The second kappa shape index (κ2) is 12.3. The number of hydrogen-bond acceptors (Lipinski definition) is 7. The van der Waals surface area contributed by atoms with E-state index in [1.807, 2.05) is 22.7 Å². The number of pyridine rings is 1. The summed E-state index contributed by atoms with van der Waals surface area (Å²) in [6.45, 7) is 6.28. The minimum Gasteiger partial charge on any atom is -0.496 e. The average molecular weight is 498 g/mol. The highest BCUT2D eigenvalue weighted by Gasteiger charge is 2.26. The van der Waals surface area contributed by atoms with Crippen molar-refractivity contribution in [3.05, 3.63) is 35.9 Å². The summed E-state index contributed by atoms with van der Waals surface area (Å²) < 4.78 is 30.4. The molecule has 0 amide bonds. The number of fused-ring (bicyclic) bond motifs is 1. The third kappa shape index (κ3) is 5.39. The zero-order valence-electron chi connectivity index (χ0n) is 22.2. The van der Waals surface area contributed by atoms with E-state index in [0.29, 0.717) is 29.9 Å². The second-order valence-electron chi connectivity index (χ2n) is 9.23. The van der Waals surface area contributed by atoms with Crippen LogP contribution in [0.1, 0.15) is 38.2 Å². The highest BCUT2D eigenvalue weighted by molar-refractivity contribution is 5.84. The lowest BCUT2D eigenvalue weighted by Gasteiger charge is -2.31. The number of nitrogens with zero attached hydrogens (tertiary/aromatic N) is 3. The fourth-order valence-corrected chi connectivity index (χ4v) is 5.01. The molecule has 8 heteroatoms. The molecule has 3 aromatic rings. The normalized spacial score (nSPS) is 14.2. The Balaban J connectivity index is 1.85. The highest BCUT2D eigenvalue weighted by Crippen LogP contribution is 2.42. The molecule has 0 spiro atoms. The molecule has 1 aliphatic heterocycles. The van der Waals surface area contributed by atoms with Gasteiger partial charge in [-0.05, 0) is 55.0 Å². The van der Waals surface area contributed by atoms with Crippen LogP contribution >= 0.6 is 0 Å². The van der Waals surface area contributed by atoms with Crippen molar-refractivity contribution in [3.8, 4) is 28.6 Å². The summed E-state index contributed by atoms with van der Waals surface area (Å²) in [6.07, 6.45) is 4.39. The topological polar surface area (TPSA) is 66.7 Å². The zero-order chi connectivity index (χ0) is 25.5. The number of rotatable bonds is 12. The first-order chi connectivity index (χ1) is 17.6. The maximum atomic E-state index is 5.86. The molecular weight excluding hydrogens is 458 g/mol. The monoisotopic (exact) mass is 497 g/mol. The van der Waals surface area contributed by atoms with Crippen LogP contribution in [0.3, 0.4) is 0 Å². The van der Waals surface area contributed by atoms with E-state index >= 15 is 0 Å². The molecule has 0 atom stereocenters. The molecule has 2 aromatic heterocycles. The Hall–Kier alpha value is -2.97. The Bertz CT molecular complexity index is 1110. The summed E-state index contributed by atoms with van der Waals surface area (Å²) in [4.78, 5) is 2.46. The average Bonchev–Trinajstić information content (AvgIpc) is 3.30. The quantitative estimate of drug-likeness (QED) is 0.340. The molecule has 3 heterocycles. The van der Waals surface area contributed by atoms with Gasteiger partial charge in [0.2, 0.25) is 0 Å². The first-order valence-electron chi connectivity index (χ1n) is 12.8. The second-order valence-corrected chi connectivity index (χ2v) is 9.23. The molecule has 8 nitrogen and oxygen atoms in total. The van der Waals surface area contributed by atoms with Crippen molar-refractivity contribution in [2.24, 2.45) is 5.92 Å². The summed E-state index contributed by atoms with van der Waals surface area (Å²) in [5.41, 5.74) is 4.72. The van der Waals surface area contributed by atoms with E-state index < -0.39 is 0 Å². The van der Waals surface area contributed by atoms with Crippen LogP contribution < -0.4 is 19.1 Å². The van der Waals surface area contributed by atoms with Crippen LogP contribution in [0.15, 0.2) is 30.3 Å². The first-order valence-corrected chi connectivity index (χ1v) is 12.8. The number of methoxy groups -OCH3 is 4. The molecule has 4 rings (SSSR count). The van der Waals surface area contributed by atoms with Gasteiger partial charge in [0.1, 0.15) is 17.2 Å². The van der Waals surface area contributed by atoms with E-state index in [4.69, 9.17) is 28.8 Å². The van der Waals surface area contributed by atoms with Crippen molar-refractivity contribution in [1.29, 1.82) is 0 Å². The van der Waals surface area contributed by atoms with Crippen molar-refractivity contribution in [2.75, 3.05) is 59.6 Å². The van der Waals surface area contributed by atoms with Crippen LogP contribution in [-0.2, 0) is 16.1 Å². The fraction of sp³-hybridized carbons (Fsp3) is 0.536. The van der Waals surface area contributed by atoms with Crippen molar-refractivity contribution >= 4 is 11.2 Å². The molecule has 0 saturated carbocycles. The molecule has 0 N–H and O–H groups in total. The number of hydrogen-bond donors (Lipinski definition) is 0. The van der Waals surface area contributed by atoms with Gasteiger partial charge in [0, 0.05) is 33.4 Å². The Morgan fingerprint density at radius 1 is 1.03 bits per heavy atom. The van der Waals surface area contributed by atoms with Gasteiger partial charge in [-0.15, -0.1) is 5.10 Å². The van der Waals surface area contributed by atoms with Crippen LogP contribution in [-0.4, -0.2) is 64.4 Å². The van der Waals surface area contributed by atoms with E-state index in [2.05, 4.69) is 24.0 Å². The van der Waals surface area contributed by atoms with Crippen LogP contribution in [0.4, 0.5) is 5.69 Å². The maximum Gasteiger partial charge on any atom is 0.257 e. The molecule has 0 aliphatic carbocycles. The lowest BCUT2D eigenvalue weighted by Crippen LogP contribution is -2.33. The summed E-state index contributed by atoms with van der Waals surface area (Å²) in [5, 5.41) is 4.93. The number of benzene rings is 1. The summed E-state index contributed by atoms with van der Waals surface area (Å²) in [7, 11) is 6.71. The molecule has 196 valence electrons. The van der Waals surface area contributed by atoms with Gasteiger partial charge < -0.3 is 28.6 Å². The zero-order valence-corrected chi connectivity index (χ0v) is 22.2. The number of aromatic nitrogens is 2. The van der Waals surface area contributed by atoms with E-state index in [-0.39, 0.29) is 0 Å². The predicted octanol–water partition coefficient (Wildman–Crippen LogP) is 5.21. The minimum absolute atomic E-state index is 0.468. The van der Waals surface area contributed by atoms with Crippen molar-refractivity contribution in [2.45, 2.75) is 39.2 Å². The largest absolute Gasteiger partial charge is 0.496 e. The van der Waals surface area contributed by atoms with Crippen LogP contribution in [0, 0.1) is 5.92 Å². The first kappa shape index (κ1) is 26.1. The van der Waals surface area contributed by atoms with Crippen LogP contribution in [0.2, 0.25) is 0 Å². The van der Waals surface area contributed by atoms with Gasteiger partial charge in [0.15, 0.2) is 0 Å². The number of anilines is 1. The highest BCUT2D eigenvalue weighted by atomic mass is 16.5.